The van der Waals surface area contributed by atoms with E-state index in [1.165, 1.54) is 28.9 Å². The fourth-order valence-electron chi connectivity index (χ4n) is 3.90. The molecule has 4 aliphatic rings. The molecule has 0 heterocycles. The highest BCUT2D eigenvalue weighted by Gasteiger charge is 2.42. The molecule has 2 nitrogen and oxygen atoms in total. The Balaban J connectivity index is 1.45. The van der Waals surface area contributed by atoms with Crippen molar-refractivity contribution in [3.63, 3.8) is 0 Å². The molecule has 0 bridgehead atoms. The number of carbonyl (C=O) groups excluding carboxylic acids is 1. The van der Waals surface area contributed by atoms with Gasteiger partial charge in [0, 0.05) is 5.57 Å². The van der Waals surface area contributed by atoms with Crippen molar-refractivity contribution in [3.8, 4) is 0 Å². The zero-order chi connectivity index (χ0) is 15.6. The fraction of sp³-hybridized carbons (Fsp3) is 0.250. The number of amides is 1. The molecular formula is C20H16FNO. The number of hydrogen-bond donors (Lipinski definition) is 1. The third-order valence-electron chi connectivity index (χ3n) is 5.47. The zero-order valence-corrected chi connectivity index (χ0v) is 12.7. The highest BCUT2D eigenvalue weighted by molar-refractivity contribution is 6.02. The largest absolute Gasteiger partial charge is 0.343 e. The van der Waals surface area contributed by atoms with Crippen LogP contribution >= 0.6 is 0 Å². The Labute approximate surface area is 134 Å². The highest BCUT2D eigenvalue weighted by Crippen LogP contribution is 2.51. The molecule has 1 N–H and O–H groups in total. The Morgan fingerprint density at radius 1 is 1.09 bits per heavy atom. The van der Waals surface area contributed by atoms with Gasteiger partial charge in [-0.2, -0.15) is 0 Å². The molecule has 3 heteroatoms. The maximum Gasteiger partial charge on any atom is 0.252 e. The highest BCUT2D eigenvalue weighted by atomic mass is 19.1. The normalized spacial score (nSPS) is 22.6. The van der Waals surface area contributed by atoms with Crippen molar-refractivity contribution in [1.29, 1.82) is 0 Å². The smallest absolute Gasteiger partial charge is 0.252 e. The lowest BCUT2D eigenvalue weighted by Crippen LogP contribution is -2.51. The van der Waals surface area contributed by atoms with Gasteiger partial charge < -0.3 is 5.32 Å². The van der Waals surface area contributed by atoms with E-state index >= 15 is 0 Å². The second-order valence-corrected chi connectivity index (χ2v) is 6.80. The number of benzene rings is 1. The molecule has 0 spiro atoms. The minimum absolute atomic E-state index is 0.0194. The Bertz CT molecular complexity index is 863. The van der Waals surface area contributed by atoms with E-state index in [2.05, 4.69) is 17.5 Å². The van der Waals surface area contributed by atoms with Crippen LogP contribution in [0.2, 0.25) is 0 Å². The van der Waals surface area contributed by atoms with Crippen LogP contribution in [-0.2, 0) is 10.3 Å². The number of rotatable bonds is 3. The summed E-state index contributed by atoms with van der Waals surface area (Å²) in [4.78, 5) is 12.8. The van der Waals surface area contributed by atoms with Crippen LogP contribution in [0.15, 0.2) is 70.4 Å². The molecule has 23 heavy (non-hydrogen) atoms. The molecule has 2 fully saturated rings. The first-order valence-electron chi connectivity index (χ1n) is 8.12. The van der Waals surface area contributed by atoms with E-state index in [1.807, 2.05) is 6.08 Å². The average Bonchev–Trinajstić information content (AvgIpc) is 2.99. The lowest BCUT2D eigenvalue weighted by Gasteiger charge is -2.43. The Morgan fingerprint density at radius 2 is 1.87 bits per heavy atom. The molecule has 0 atom stereocenters. The van der Waals surface area contributed by atoms with Crippen LogP contribution in [0.4, 0.5) is 4.39 Å². The quantitative estimate of drug-likeness (QED) is 0.903. The SMILES string of the molecule is O=C(NC1(c2ccc(F)cc2)CCC1)C1=C2C=C3CC3=C2C=C1. The summed E-state index contributed by atoms with van der Waals surface area (Å²) in [6.07, 6.45) is 10.1. The second kappa shape index (κ2) is 4.31. The van der Waals surface area contributed by atoms with Gasteiger partial charge in [0.2, 0.25) is 0 Å². The molecule has 0 saturated heterocycles. The molecule has 114 valence electrons. The Hall–Kier alpha value is -2.42. The number of hydrogen-bond acceptors (Lipinski definition) is 1. The summed E-state index contributed by atoms with van der Waals surface area (Å²) in [7, 11) is 0. The van der Waals surface area contributed by atoms with Crippen molar-refractivity contribution in [2.45, 2.75) is 31.2 Å². The third kappa shape index (κ3) is 1.83. The van der Waals surface area contributed by atoms with Crippen LogP contribution in [0.1, 0.15) is 31.2 Å². The minimum Gasteiger partial charge on any atom is -0.343 e. The van der Waals surface area contributed by atoms with Crippen molar-refractivity contribution < 1.29 is 9.18 Å². The number of halogens is 1. The first kappa shape index (κ1) is 13.1. The summed E-state index contributed by atoms with van der Waals surface area (Å²) < 4.78 is 13.2. The van der Waals surface area contributed by atoms with Crippen molar-refractivity contribution >= 4 is 5.91 Å². The van der Waals surface area contributed by atoms with Gasteiger partial charge in [-0.05, 0) is 77.8 Å². The van der Waals surface area contributed by atoms with Gasteiger partial charge in [-0.15, -0.1) is 0 Å². The Morgan fingerprint density at radius 3 is 2.57 bits per heavy atom. The summed E-state index contributed by atoms with van der Waals surface area (Å²) in [5.41, 5.74) is 6.51. The second-order valence-electron chi connectivity index (χ2n) is 6.80. The Kier molecular flexibility index (Phi) is 2.45. The van der Waals surface area contributed by atoms with E-state index in [4.69, 9.17) is 0 Å². The van der Waals surface area contributed by atoms with Crippen LogP contribution < -0.4 is 5.32 Å². The van der Waals surface area contributed by atoms with Gasteiger partial charge in [0.05, 0.1) is 5.54 Å². The molecule has 0 radical (unpaired) electrons. The van der Waals surface area contributed by atoms with E-state index in [-0.39, 0.29) is 17.3 Å². The maximum atomic E-state index is 13.2. The number of nitrogens with one attached hydrogen (secondary N) is 1. The van der Waals surface area contributed by atoms with Gasteiger partial charge in [-0.3, -0.25) is 4.79 Å². The third-order valence-corrected chi connectivity index (χ3v) is 5.47. The molecular weight excluding hydrogens is 289 g/mol. The zero-order valence-electron chi connectivity index (χ0n) is 12.7. The molecule has 1 aromatic rings. The number of fused-ring (bicyclic) bond motifs is 2. The molecule has 0 unspecified atom stereocenters. The standard InChI is InChI=1S/C20H16FNO/c21-14-4-2-13(3-5-14)20(8-1-9-20)22-19(23)16-7-6-15-17-10-12(17)11-18(15)16/h2-7,11H,1,8-10H2,(H,22,23). The van der Waals surface area contributed by atoms with Crippen molar-refractivity contribution in [2.75, 3.05) is 0 Å². The lowest BCUT2D eigenvalue weighted by atomic mass is 9.71. The average molecular weight is 305 g/mol. The van der Waals surface area contributed by atoms with Gasteiger partial charge in [0.15, 0.2) is 0 Å². The molecule has 0 aliphatic heterocycles. The first-order chi connectivity index (χ1) is 11.2. The van der Waals surface area contributed by atoms with E-state index < -0.39 is 0 Å². The van der Waals surface area contributed by atoms with Crippen LogP contribution in [-0.4, -0.2) is 5.91 Å². The molecule has 0 aromatic heterocycles. The van der Waals surface area contributed by atoms with Crippen LogP contribution in [0, 0.1) is 5.82 Å². The van der Waals surface area contributed by atoms with E-state index in [1.54, 1.807) is 12.1 Å². The van der Waals surface area contributed by atoms with Gasteiger partial charge in [0.1, 0.15) is 5.82 Å². The number of allylic oxidation sites excluding steroid dienone is 6. The summed E-state index contributed by atoms with van der Waals surface area (Å²) in [5.74, 6) is -0.264. The molecule has 5 rings (SSSR count). The monoisotopic (exact) mass is 305 g/mol. The van der Waals surface area contributed by atoms with Crippen molar-refractivity contribution in [3.05, 3.63) is 81.7 Å². The van der Waals surface area contributed by atoms with E-state index in [0.29, 0.717) is 0 Å². The van der Waals surface area contributed by atoms with Crippen LogP contribution in [0.3, 0.4) is 0 Å². The molecule has 1 aromatic carbocycles. The lowest BCUT2D eigenvalue weighted by molar-refractivity contribution is -0.120. The van der Waals surface area contributed by atoms with Crippen LogP contribution in [0.25, 0.3) is 0 Å². The molecule has 1 amide bonds. The molecule has 4 aliphatic carbocycles. The van der Waals surface area contributed by atoms with Gasteiger partial charge >= 0.3 is 0 Å². The maximum absolute atomic E-state index is 13.2. The predicted molar refractivity (Wildman–Crippen MR) is 86.0 cm³/mol. The van der Waals surface area contributed by atoms with E-state index in [0.717, 1.165) is 42.4 Å². The summed E-state index contributed by atoms with van der Waals surface area (Å²) in [6.45, 7) is 0. The molecule has 2 saturated carbocycles. The van der Waals surface area contributed by atoms with Gasteiger partial charge in [-0.25, -0.2) is 4.39 Å². The summed E-state index contributed by atoms with van der Waals surface area (Å²) in [6, 6.07) is 6.52. The van der Waals surface area contributed by atoms with Gasteiger partial charge in [-0.1, -0.05) is 18.2 Å². The number of carbonyl (C=O) groups is 1. The van der Waals surface area contributed by atoms with Crippen molar-refractivity contribution in [2.24, 2.45) is 0 Å². The summed E-state index contributed by atoms with van der Waals surface area (Å²) in [5, 5.41) is 3.23. The van der Waals surface area contributed by atoms with E-state index in [9.17, 15) is 9.18 Å². The first-order valence-corrected chi connectivity index (χ1v) is 8.12. The minimum atomic E-state index is -0.337. The van der Waals surface area contributed by atoms with Crippen molar-refractivity contribution in [1.82, 2.24) is 5.32 Å². The van der Waals surface area contributed by atoms with Crippen LogP contribution in [0.5, 0.6) is 0 Å². The van der Waals surface area contributed by atoms with Gasteiger partial charge in [0.25, 0.3) is 5.91 Å². The fourth-order valence-corrected chi connectivity index (χ4v) is 3.90. The predicted octanol–water partition coefficient (Wildman–Crippen LogP) is 3.83. The summed E-state index contributed by atoms with van der Waals surface area (Å²) >= 11 is 0. The topological polar surface area (TPSA) is 29.1 Å².